The normalized spacial score (nSPS) is 17.5. The number of fused-ring (bicyclic) bond motifs is 1. The Hall–Kier alpha value is -1.96. The van der Waals surface area contributed by atoms with Gasteiger partial charge in [0, 0.05) is 30.5 Å². The number of aryl methyl sites for hydroxylation is 1. The van der Waals surface area contributed by atoms with Crippen molar-refractivity contribution in [1.29, 1.82) is 0 Å². The number of carbonyl (C=O) groups is 1. The first-order chi connectivity index (χ1) is 10.5. The molecule has 1 aliphatic rings. The van der Waals surface area contributed by atoms with Gasteiger partial charge in [-0.05, 0) is 18.8 Å². The molecule has 0 radical (unpaired) electrons. The number of carbonyl (C=O) groups excluding carboxylic acids is 1. The summed E-state index contributed by atoms with van der Waals surface area (Å²) in [4.78, 5) is 15.9. The second-order valence-electron chi connectivity index (χ2n) is 5.94. The summed E-state index contributed by atoms with van der Waals surface area (Å²) in [5.74, 6) is 1.26. The third kappa shape index (κ3) is 2.96. The maximum absolute atomic E-state index is 11.4. The SMILES string of the molecule is CC(C)c1nsc(NC[C@H]2CCn3ncc(C(N)=O)c3C2)n1. The number of nitrogens with zero attached hydrogens (tertiary/aromatic N) is 4. The van der Waals surface area contributed by atoms with Crippen LogP contribution >= 0.6 is 11.5 Å². The van der Waals surface area contributed by atoms with E-state index in [9.17, 15) is 4.79 Å². The summed E-state index contributed by atoms with van der Waals surface area (Å²) in [5.41, 5.74) is 6.89. The summed E-state index contributed by atoms with van der Waals surface area (Å²) in [6, 6.07) is 0. The van der Waals surface area contributed by atoms with E-state index < -0.39 is 5.91 Å². The van der Waals surface area contributed by atoms with E-state index >= 15 is 0 Å². The molecule has 3 rings (SSSR count). The van der Waals surface area contributed by atoms with Crippen molar-refractivity contribution in [3.05, 3.63) is 23.3 Å². The summed E-state index contributed by atoms with van der Waals surface area (Å²) in [5, 5.41) is 8.45. The molecule has 2 aromatic heterocycles. The molecule has 0 aliphatic carbocycles. The van der Waals surface area contributed by atoms with Crippen LogP contribution in [0.3, 0.4) is 0 Å². The third-order valence-electron chi connectivity index (χ3n) is 3.95. The molecule has 0 bridgehead atoms. The lowest BCUT2D eigenvalue weighted by Crippen LogP contribution is -2.27. The molecular weight excluding hydrogens is 300 g/mol. The number of nitrogens with one attached hydrogen (secondary N) is 1. The van der Waals surface area contributed by atoms with E-state index in [1.807, 2.05) is 4.68 Å². The molecule has 0 spiro atoms. The number of hydrogen-bond donors (Lipinski definition) is 2. The number of amides is 1. The van der Waals surface area contributed by atoms with Crippen LogP contribution in [0.5, 0.6) is 0 Å². The van der Waals surface area contributed by atoms with Crippen LogP contribution in [0.25, 0.3) is 0 Å². The highest BCUT2D eigenvalue weighted by Gasteiger charge is 2.24. The highest BCUT2D eigenvalue weighted by atomic mass is 32.1. The number of anilines is 1. The van der Waals surface area contributed by atoms with Gasteiger partial charge in [0.1, 0.15) is 5.82 Å². The minimum Gasteiger partial charge on any atom is -0.365 e. The lowest BCUT2D eigenvalue weighted by atomic mass is 9.94. The second kappa shape index (κ2) is 6.04. The quantitative estimate of drug-likeness (QED) is 0.872. The van der Waals surface area contributed by atoms with Gasteiger partial charge >= 0.3 is 0 Å². The summed E-state index contributed by atoms with van der Waals surface area (Å²) in [6.45, 7) is 5.80. The molecule has 0 aromatic carbocycles. The van der Waals surface area contributed by atoms with E-state index in [0.29, 0.717) is 17.4 Å². The van der Waals surface area contributed by atoms with Crippen LogP contribution in [0.2, 0.25) is 0 Å². The van der Waals surface area contributed by atoms with Gasteiger partial charge in [-0.15, -0.1) is 0 Å². The fraction of sp³-hybridized carbons (Fsp3) is 0.571. The van der Waals surface area contributed by atoms with E-state index in [0.717, 1.165) is 42.6 Å². The maximum Gasteiger partial charge on any atom is 0.252 e. The molecule has 1 aliphatic heterocycles. The molecule has 7 nitrogen and oxygen atoms in total. The van der Waals surface area contributed by atoms with Crippen LogP contribution in [0, 0.1) is 5.92 Å². The molecule has 2 aromatic rings. The van der Waals surface area contributed by atoms with Gasteiger partial charge in [0.15, 0.2) is 0 Å². The summed E-state index contributed by atoms with van der Waals surface area (Å²) >= 11 is 1.40. The summed E-state index contributed by atoms with van der Waals surface area (Å²) < 4.78 is 6.22. The lowest BCUT2D eigenvalue weighted by molar-refractivity contribution is 0.0998. The van der Waals surface area contributed by atoms with Crippen molar-refractivity contribution in [2.45, 2.75) is 39.2 Å². The number of aromatic nitrogens is 4. The van der Waals surface area contributed by atoms with Gasteiger partial charge in [0.2, 0.25) is 5.13 Å². The Labute approximate surface area is 133 Å². The van der Waals surface area contributed by atoms with E-state index in [1.54, 1.807) is 6.20 Å². The van der Waals surface area contributed by atoms with E-state index in [1.165, 1.54) is 11.5 Å². The van der Waals surface area contributed by atoms with Crippen molar-refractivity contribution in [2.75, 3.05) is 11.9 Å². The van der Waals surface area contributed by atoms with Gasteiger partial charge in [-0.3, -0.25) is 9.48 Å². The smallest absolute Gasteiger partial charge is 0.252 e. The molecule has 0 saturated heterocycles. The fourth-order valence-electron chi connectivity index (χ4n) is 2.65. The number of rotatable bonds is 5. The van der Waals surface area contributed by atoms with E-state index in [4.69, 9.17) is 5.73 Å². The maximum atomic E-state index is 11.4. The monoisotopic (exact) mass is 320 g/mol. The first kappa shape index (κ1) is 15.0. The molecule has 3 heterocycles. The molecule has 1 atom stereocenters. The number of primary amides is 1. The zero-order chi connectivity index (χ0) is 15.7. The first-order valence-electron chi connectivity index (χ1n) is 7.46. The van der Waals surface area contributed by atoms with Crippen LogP contribution < -0.4 is 11.1 Å². The Morgan fingerprint density at radius 1 is 1.59 bits per heavy atom. The van der Waals surface area contributed by atoms with Crippen LogP contribution in [0.1, 0.15) is 48.1 Å². The highest BCUT2D eigenvalue weighted by molar-refractivity contribution is 7.09. The average Bonchev–Trinajstić information content (AvgIpc) is 3.11. The zero-order valence-electron chi connectivity index (χ0n) is 12.7. The molecular formula is C14H20N6OS. The Morgan fingerprint density at radius 3 is 3.09 bits per heavy atom. The molecule has 8 heteroatoms. The van der Waals surface area contributed by atoms with Crippen molar-refractivity contribution in [3.8, 4) is 0 Å². The molecule has 0 saturated carbocycles. The van der Waals surface area contributed by atoms with Crippen LogP contribution in [-0.2, 0) is 13.0 Å². The van der Waals surface area contributed by atoms with Gasteiger partial charge in [-0.1, -0.05) is 13.8 Å². The molecule has 1 amide bonds. The Kier molecular flexibility index (Phi) is 4.10. The van der Waals surface area contributed by atoms with E-state index in [2.05, 4.69) is 33.6 Å². The zero-order valence-corrected chi connectivity index (χ0v) is 13.6. The lowest BCUT2D eigenvalue weighted by Gasteiger charge is -2.23. The molecule has 0 unspecified atom stereocenters. The first-order valence-corrected chi connectivity index (χ1v) is 8.24. The molecule has 0 fully saturated rings. The molecule has 22 heavy (non-hydrogen) atoms. The molecule has 118 valence electrons. The van der Waals surface area contributed by atoms with Crippen LogP contribution in [0.4, 0.5) is 5.13 Å². The van der Waals surface area contributed by atoms with Crippen molar-refractivity contribution in [2.24, 2.45) is 11.7 Å². The molecule has 3 N–H and O–H groups in total. The van der Waals surface area contributed by atoms with Crippen LogP contribution in [-0.4, -0.2) is 31.6 Å². The Bertz CT molecular complexity index is 677. The van der Waals surface area contributed by atoms with Gasteiger partial charge in [0.05, 0.1) is 17.5 Å². The average molecular weight is 320 g/mol. The third-order valence-corrected chi connectivity index (χ3v) is 4.63. The standard InChI is InChI=1S/C14H20N6OS/c1-8(2)13-18-14(22-19-13)16-6-9-3-4-20-11(5-9)10(7-17-20)12(15)21/h7-9H,3-6H2,1-2H3,(H2,15,21)(H,16,18,19)/t9-/m0/s1. The Morgan fingerprint density at radius 2 is 2.41 bits per heavy atom. The predicted octanol–water partition coefficient (Wildman–Crippen LogP) is 1.63. The van der Waals surface area contributed by atoms with Gasteiger partial charge in [-0.25, -0.2) is 4.98 Å². The minimum absolute atomic E-state index is 0.342. The van der Waals surface area contributed by atoms with Gasteiger partial charge in [-0.2, -0.15) is 9.47 Å². The summed E-state index contributed by atoms with van der Waals surface area (Å²) in [7, 11) is 0. The topological polar surface area (TPSA) is 98.7 Å². The van der Waals surface area contributed by atoms with Gasteiger partial charge in [0.25, 0.3) is 5.91 Å². The fourth-order valence-corrected chi connectivity index (χ4v) is 3.37. The van der Waals surface area contributed by atoms with Crippen molar-refractivity contribution < 1.29 is 4.79 Å². The van der Waals surface area contributed by atoms with Crippen LogP contribution in [0.15, 0.2) is 6.20 Å². The van der Waals surface area contributed by atoms with Crippen molar-refractivity contribution in [1.82, 2.24) is 19.1 Å². The predicted molar refractivity (Wildman–Crippen MR) is 85.0 cm³/mol. The minimum atomic E-state index is -0.402. The highest BCUT2D eigenvalue weighted by Crippen LogP contribution is 2.24. The van der Waals surface area contributed by atoms with E-state index in [-0.39, 0.29) is 0 Å². The number of nitrogens with two attached hydrogens (primary N) is 1. The largest absolute Gasteiger partial charge is 0.365 e. The van der Waals surface area contributed by atoms with Crippen molar-refractivity contribution in [3.63, 3.8) is 0 Å². The summed E-state index contributed by atoms with van der Waals surface area (Å²) in [6.07, 6.45) is 3.41. The Balaban J connectivity index is 1.62. The number of hydrogen-bond acceptors (Lipinski definition) is 6. The second-order valence-corrected chi connectivity index (χ2v) is 6.70. The van der Waals surface area contributed by atoms with Crippen molar-refractivity contribution >= 4 is 22.6 Å². The van der Waals surface area contributed by atoms with Gasteiger partial charge < -0.3 is 11.1 Å².